The van der Waals surface area contributed by atoms with Gasteiger partial charge in [-0.05, 0) is 36.6 Å². The van der Waals surface area contributed by atoms with Crippen molar-refractivity contribution in [1.29, 1.82) is 0 Å². The number of hydrogen-bond donors (Lipinski definition) is 2. The number of pyridine rings is 2. The molecule has 1 aromatic carbocycles. The second-order valence-corrected chi connectivity index (χ2v) is 6.86. The summed E-state index contributed by atoms with van der Waals surface area (Å²) in [6, 6.07) is 14.4. The molecular formula is C20H15N5S. The molecule has 1 aliphatic heterocycles. The molecule has 4 aromatic rings. The van der Waals surface area contributed by atoms with Crippen molar-refractivity contribution >= 4 is 23.3 Å². The summed E-state index contributed by atoms with van der Waals surface area (Å²) < 4.78 is 0. The van der Waals surface area contributed by atoms with Gasteiger partial charge in [0, 0.05) is 34.0 Å². The Morgan fingerprint density at radius 3 is 2.69 bits per heavy atom. The van der Waals surface area contributed by atoms with Gasteiger partial charge in [-0.1, -0.05) is 12.1 Å². The largest absolute Gasteiger partial charge is 0.338 e. The number of nitrogens with zero attached hydrogens (tertiary/aromatic N) is 3. The molecule has 26 heavy (non-hydrogen) atoms. The van der Waals surface area contributed by atoms with Gasteiger partial charge in [-0.3, -0.25) is 4.98 Å². The monoisotopic (exact) mass is 357 g/mol. The van der Waals surface area contributed by atoms with Gasteiger partial charge in [0.05, 0.1) is 17.6 Å². The third-order valence-electron chi connectivity index (χ3n) is 4.47. The summed E-state index contributed by atoms with van der Waals surface area (Å²) >= 11 is 1.73. The van der Waals surface area contributed by atoms with Gasteiger partial charge in [0.15, 0.2) is 0 Å². The first-order valence-corrected chi connectivity index (χ1v) is 9.47. The van der Waals surface area contributed by atoms with Crippen LogP contribution in [0.25, 0.3) is 33.9 Å². The average molecular weight is 357 g/mol. The molecule has 5 nitrogen and oxygen atoms in total. The predicted molar refractivity (Wildman–Crippen MR) is 106 cm³/mol. The molecule has 6 heteroatoms. The minimum atomic E-state index is 0.788. The molecule has 0 saturated carbocycles. The maximum Gasteiger partial charge on any atom is 0.139 e. The molecule has 0 bridgehead atoms. The lowest BCUT2D eigenvalue weighted by Crippen LogP contribution is -1.95. The Morgan fingerprint density at radius 1 is 0.962 bits per heavy atom. The minimum absolute atomic E-state index is 0.788. The van der Waals surface area contributed by atoms with Crippen LogP contribution in [-0.4, -0.2) is 26.2 Å². The van der Waals surface area contributed by atoms with E-state index >= 15 is 0 Å². The third-order valence-corrected chi connectivity index (χ3v) is 5.22. The Labute approximate surface area is 155 Å². The standard InChI is InChI=1S/C20H15N5S/c1-26-13-6-4-12(5-7-13)19-24-17-14-8-10-21-11-16(14)23-20-15(18(17)25-19)3-2-9-22-20/h2-11H,1H3,(H,22,23)(H,24,25). The van der Waals surface area contributed by atoms with E-state index in [2.05, 4.69) is 50.8 Å². The molecule has 0 spiro atoms. The summed E-state index contributed by atoms with van der Waals surface area (Å²) in [5.74, 6) is 1.64. The Morgan fingerprint density at radius 2 is 1.85 bits per heavy atom. The van der Waals surface area contributed by atoms with Crippen LogP contribution in [-0.2, 0) is 0 Å². The van der Waals surface area contributed by atoms with E-state index in [1.807, 2.05) is 24.4 Å². The van der Waals surface area contributed by atoms with Crippen LogP contribution in [0.2, 0.25) is 0 Å². The first-order chi connectivity index (χ1) is 12.8. The molecule has 0 aliphatic carbocycles. The molecule has 3 aromatic heterocycles. The van der Waals surface area contributed by atoms with Gasteiger partial charge in [0.1, 0.15) is 17.3 Å². The van der Waals surface area contributed by atoms with Crippen LogP contribution in [0.5, 0.6) is 0 Å². The van der Waals surface area contributed by atoms with Gasteiger partial charge in [0.25, 0.3) is 0 Å². The van der Waals surface area contributed by atoms with Crippen molar-refractivity contribution in [3.8, 4) is 33.9 Å². The fourth-order valence-corrected chi connectivity index (χ4v) is 3.59. The second-order valence-electron chi connectivity index (χ2n) is 5.98. The first kappa shape index (κ1) is 15.2. The third kappa shape index (κ3) is 2.38. The lowest BCUT2D eigenvalue weighted by molar-refractivity contribution is 1.26. The number of imidazole rings is 1. The molecule has 0 radical (unpaired) electrons. The number of benzene rings is 1. The summed E-state index contributed by atoms with van der Waals surface area (Å²) in [6.07, 6.45) is 7.46. The lowest BCUT2D eigenvalue weighted by Gasteiger charge is -2.07. The van der Waals surface area contributed by atoms with Gasteiger partial charge in [-0.2, -0.15) is 0 Å². The van der Waals surface area contributed by atoms with Gasteiger partial charge < -0.3 is 10.3 Å². The van der Waals surface area contributed by atoms with Crippen molar-refractivity contribution in [1.82, 2.24) is 19.9 Å². The van der Waals surface area contributed by atoms with Gasteiger partial charge in [-0.15, -0.1) is 11.8 Å². The van der Waals surface area contributed by atoms with Gasteiger partial charge >= 0.3 is 0 Å². The fraction of sp³-hybridized carbons (Fsp3) is 0.0500. The van der Waals surface area contributed by atoms with Gasteiger partial charge in [0.2, 0.25) is 0 Å². The zero-order valence-electron chi connectivity index (χ0n) is 14.0. The summed E-state index contributed by atoms with van der Waals surface area (Å²) in [7, 11) is 0. The zero-order chi connectivity index (χ0) is 17.5. The van der Waals surface area contributed by atoms with E-state index in [0.29, 0.717) is 0 Å². The highest BCUT2D eigenvalue weighted by Gasteiger charge is 2.23. The first-order valence-electron chi connectivity index (χ1n) is 8.25. The van der Waals surface area contributed by atoms with E-state index in [4.69, 9.17) is 4.98 Å². The molecule has 0 fully saturated rings. The predicted octanol–water partition coefficient (Wildman–Crippen LogP) is 4.98. The van der Waals surface area contributed by atoms with E-state index < -0.39 is 0 Å². The minimum Gasteiger partial charge on any atom is -0.338 e. The number of nitrogens with one attached hydrogen (secondary N) is 2. The van der Waals surface area contributed by atoms with E-state index in [1.165, 1.54) is 4.90 Å². The maximum absolute atomic E-state index is 4.91. The van der Waals surface area contributed by atoms with Crippen molar-refractivity contribution in [2.45, 2.75) is 4.90 Å². The van der Waals surface area contributed by atoms with Crippen LogP contribution in [0.1, 0.15) is 0 Å². The fourth-order valence-electron chi connectivity index (χ4n) is 3.18. The molecule has 0 unspecified atom stereocenters. The van der Waals surface area contributed by atoms with E-state index in [0.717, 1.165) is 45.4 Å². The van der Waals surface area contributed by atoms with E-state index in [-0.39, 0.29) is 0 Å². The summed E-state index contributed by atoms with van der Waals surface area (Å²) in [5, 5.41) is 3.37. The van der Waals surface area contributed by atoms with Crippen LogP contribution in [0.3, 0.4) is 0 Å². The highest BCUT2D eigenvalue weighted by molar-refractivity contribution is 7.98. The Balaban J connectivity index is 1.74. The van der Waals surface area contributed by atoms with Crippen LogP contribution in [0.15, 0.2) is 66.0 Å². The molecule has 0 saturated heterocycles. The smallest absolute Gasteiger partial charge is 0.139 e. The number of hydrogen-bond acceptors (Lipinski definition) is 5. The van der Waals surface area contributed by atoms with Gasteiger partial charge in [-0.25, -0.2) is 9.97 Å². The molecule has 126 valence electrons. The summed E-state index contributed by atoms with van der Waals surface area (Å²) in [4.78, 5) is 18.4. The topological polar surface area (TPSA) is 66.5 Å². The van der Waals surface area contributed by atoms with Crippen molar-refractivity contribution < 1.29 is 0 Å². The molecular weight excluding hydrogens is 342 g/mol. The molecule has 5 rings (SSSR count). The number of rotatable bonds is 2. The molecule has 0 amide bonds. The van der Waals surface area contributed by atoms with Crippen LogP contribution >= 0.6 is 11.8 Å². The molecule has 1 aliphatic rings. The van der Waals surface area contributed by atoms with Crippen molar-refractivity contribution in [3.05, 3.63) is 61.1 Å². The number of anilines is 2. The van der Waals surface area contributed by atoms with Crippen LogP contribution in [0.4, 0.5) is 11.5 Å². The molecule has 4 heterocycles. The van der Waals surface area contributed by atoms with Crippen molar-refractivity contribution in [2.75, 3.05) is 11.6 Å². The quantitative estimate of drug-likeness (QED) is 0.436. The molecule has 0 atom stereocenters. The van der Waals surface area contributed by atoms with Crippen molar-refractivity contribution in [3.63, 3.8) is 0 Å². The van der Waals surface area contributed by atoms with Crippen LogP contribution < -0.4 is 5.32 Å². The Bertz CT molecular complexity index is 1040. The highest BCUT2D eigenvalue weighted by atomic mass is 32.2. The number of fused-ring (bicyclic) bond motifs is 5. The number of H-pyrrole nitrogens is 1. The SMILES string of the molecule is CSc1ccc(-c2nc3c([nH]2)-c2ccncc2Nc2ncccc2-3)cc1. The van der Waals surface area contributed by atoms with Crippen LogP contribution in [0, 0.1) is 0 Å². The van der Waals surface area contributed by atoms with E-state index in [1.54, 1.807) is 24.2 Å². The second kappa shape index (κ2) is 6.00. The maximum atomic E-state index is 4.91. The Kier molecular flexibility index (Phi) is 3.50. The molecule has 2 N–H and O–H groups in total. The van der Waals surface area contributed by atoms with Crippen molar-refractivity contribution in [2.24, 2.45) is 0 Å². The lowest BCUT2D eigenvalue weighted by atomic mass is 10.1. The summed E-state index contributed by atoms with van der Waals surface area (Å²) in [5.41, 5.74) is 5.86. The number of thioether (sulfide) groups is 1. The number of aromatic nitrogens is 4. The average Bonchev–Trinajstić information content (AvgIpc) is 3.09. The Hall–Kier alpha value is -3.12. The normalized spacial score (nSPS) is 11.7. The number of aromatic amines is 1. The zero-order valence-corrected chi connectivity index (χ0v) is 14.8. The van der Waals surface area contributed by atoms with E-state index in [9.17, 15) is 0 Å². The highest BCUT2D eigenvalue weighted by Crippen LogP contribution is 2.42. The summed E-state index contributed by atoms with van der Waals surface area (Å²) in [6.45, 7) is 0.